The van der Waals surface area contributed by atoms with Crippen molar-refractivity contribution in [3.8, 4) is 5.75 Å². The number of ether oxygens (including phenoxy) is 2. The lowest BCUT2D eigenvalue weighted by molar-refractivity contribution is 0.0992. The van der Waals surface area contributed by atoms with Gasteiger partial charge in [0.2, 0.25) is 0 Å². The third kappa shape index (κ3) is 8.04. The van der Waals surface area contributed by atoms with Crippen LogP contribution in [0.3, 0.4) is 0 Å². The molecule has 0 bridgehead atoms. The molecule has 0 aromatic heterocycles. The number of allylic oxidation sites excluding steroid dienone is 1. The number of hydrogen-bond acceptors (Lipinski definition) is 3. The van der Waals surface area contributed by atoms with E-state index in [1.165, 1.54) is 0 Å². The van der Waals surface area contributed by atoms with E-state index in [9.17, 15) is 4.79 Å². The van der Waals surface area contributed by atoms with E-state index in [-0.39, 0.29) is 18.2 Å². The molecule has 5 heteroatoms. The number of carbonyl (C=O) groups excluding carboxylic acids is 1. The van der Waals surface area contributed by atoms with Gasteiger partial charge in [0.15, 0.2) is 5.76 Å². The molecule has 4 nitrogen and oxygen atoms in total. The highest BCUT2D eigenvalue weighted by atomic mass is 28.3. The third-order valence-electron chi connectivity index (χ3n) is 4.91. The van der Waals surface area contributed by atoms with Crippen LogP contribution in [0.2, 0.25) is 19.6 Å². The summed E-state index contributed by atoms with van der Waals surface area (Å²) in [6.07, 6.45) is 3.61. The second kappa shape index (κ2) is 12.0. The monoisotopic (exact) mass is 431 g/mol. The lowest BCUT2D eigenvalue weighted by Crippen LogP contribution is -2.42. The number of amides is 1. The standard InChI is InChI=1S/C25H41NO3Si/c1-10-11-12-15-23(29-25(27)26(19(2)3)20(4)5)18-24(30(7,8)9)21-14-13-16-22(17-21)28-6/h13-14,16-17,19-20H,10-12,15H2,1-9H3. The van der Waals surface area contributed by atoms with Crippen molar-refractivity contribution < 1.29 is 14.3 Å². The van der Waals surface area contributed by atoms with Crippen molar-refractivity contribution >= 4 is 19.4 Å². The second-order valence-electron chi connectivity index (χ2n) is 9.32. The number of rotatable bonds is 10. The van der Waals surface area contributed by atoms with Crippen molar-refractivity contribution in [3.63, 3.8) is 0 Å². The largest absolute Gasteiger partial charge is 0.497 e. The van der Waals surface area contributed by atoms with Crippen LogP contribution in [0, 0.1) is 0 Å². The lowest BCUT2D eigenvalue weighted by atomic mass is 10.1. The van der Waals surface area contributed by atoms with Gasteiger partial charge in [-0.25, -0.2) is 4.79 Å². The minimum Gasteiger partial charge on any atom is -0.497 e. The first-order chi connectivity index (χ1) is 14.0. The highest BCUT2D eigenvalue weighted by molar-refractivity contribution is 6.93. The smallest absolute Gasteiger partial charge is 0.415 e. The zero-order chi connectivity index (χ0) is 22.9. The molecule has 0 aliphatic heterocycles. The average Bonchev–Trinajstić information content (AvgIpc) is 2.64. The first-order valence-electron chi connectivity index (χ1n) is 11.2. The van der Waals surface area contributed by atoms with Crippen LogP contribution in [-0.2, 0) is 4.74 Å². The van der Waals surface area contributed by atoms with Gasteiger partial charge in [-0.3, -0.25) is 0 Å². The van der Waals surface area contributed by atoms with E-state index in [1.807, 2.05) is 45.9 Å². The molecule has 0 heterocycles. The van der Waals surface area contributed by atoms with Crippen molar-refractivity contribution in [2.75, 3.05) is 7.11 Å². The van der Waals surface area contributed by atoms with Gasteiger partial charge in [-0.15, -0.1) is 0 Å². The Morgan fingerprint density at radius 1 is 1.10 bits per heavy atom. The van der Waals surface area contributed by atoms with Gasteiger partial charge in [-0.05, 0) is 57.0 Å². The van der Waals surface area contributed by atoms with E-state index in [1.54, 1.807) is 12.0 Å². The number of hydrogen-bond donors (Lipinski definition) is 0. The van der Waals surface area contributed by atoms with Crippen molar-refractivity contribution in [3.05, 3.63) is 41.3 Å². The quantitative estimate of drug-likeness (QED) is 0.169. The normalized spacial score (nSPS) is 11.3. The van der Waals surface area contributed by atoms with E-state index in [4.69, 9.17) is 9.47 Å². The number of nitrogens with zero attached hydrogens (tertiary/aromatic N) is 1. The van der Waals surface area contributed by atoms with Crippen molar-refractivity contribution in [2.45, 2.75) is 92.0 Å². The summed E-state index contributed by atoms with van der Waals surface area (Å²) in [5.41, 5.74) is 4.64. The maximum Gasteiger partial charge on any atom is 0.415 e. The molecule has 1 rings (SSSR count). The van der Waals surface area contributed by atoms with E-state index in [0.29, 0.717) is 12.2 Å². The van der Waals surface area contributed by atoms with Gasteiger partial charge in [-0.1, -0.05) is 57.3 Å². The number of unbranched alkanes of at least 4 members (excludes halogenated alkanes) is 2. The molecular formula is C25H41NO3Si. The molecule has 1 aromatic rings. The molecule has 30 heavy (non-hydrogen) atoms. The molecule has 1 amide bonds. The Hall–Kier alpha value is -1.97. The molecule has 0 aliphatic carbocycles. The summed E-state index contributed by atoms with van der Waals surface area (Å²) in [6, 6.07) is 8.23. The summed E-state index contributed by atoms with van der Waals surface area (Å²) in [4.78, 5) is 14.7. The van der Waals surface area contributed by atoms with Crippen LogP contribution in [0.25, 0.3) is 5.20 Å². The van der Waals surface area contributed by atoms with Crippen LogP contribution in [0.15, 0.2) is 35.8 Å². The van der Waals surface area contributed by atoms with Crippen LogP contribution < -0.4 is 4.74 Å². The molecule has 0 fully saturated rings. The van der Waals surface area contributed by atoms with Crippen LogP contribution in [0.1, 0.15) is 65.9 Å². The molecular weight excluding hydrogens is 390 g/mol. The Bertz CT molecular complexity index is 748. The van der Waals surface area contributed by atoms with Crippen LogP contribution in [0.4, 0.5) is 4.79 Å². The maximum atomic E-state index is 13.0. The van der Waals surface area contributed by atoms with Crippen LogP contribution in [-0.4, -0.2) is 38.3 Å². The third-order valence-corrected chi connectivity index (χ3v) is 6.83. The molecule has 0 aliphatic rings. The molecule has 0 atom stereocenters. The predicted molar refractivity (Wildman–Crippen MR) is 130 cm³/mol. The Labute approximate surface area is 185 Å². The molecule has 0 N–H and O–H groups in total. The SMILES string of the molecule is CCCCCC(=C=C(c1cccc(OC)c1)[Si](C)(C)C)OC(=O)N(C(C)C)C(C)C. The predicted octanol–water partition coefficient (Wildman–Crippen LogP) is 7.27. The average molecular weight is 432 g/mol. The van der Waals surface area contributed by atoms with Gasteiger partial charge in [-0.2, -0.15) is 0 Å². The molecule has 168 valence electrons. The van der Waals surface area contributed by atoms with Crippen molar-refractivity contribution in [1.29, 1.82) is 0 Å². The van der Waals surface area contributed by atoms with Gasteiger partial charge >= 0.3 is 6.09 Å². The Morgan fingerprint density at radius 2 is 1.73 bits per heavy atom. The molecule has 0 radical (unpaired) electrons. The minimum atomic E-state index is -1.77. The zero-order valence-corrected chi connectivity index (χ0v) is 21.5. The number of carbonyl (C=O) groups is 1. The summed E-state index contributed by atoms with van der Waals surface area (Å²) in [5, 5.41) is 1.14. The summed E-state index contributed by atoms with van der Waals surface area (Å²) in [5.74, 6) is 1.46. The molecule has 0 saturated heterocycles. The molecule has 0 unspecified atom stereocenters. The minimum absolute atomic E-state index is 0.0771. The maximum absolute atomic E-state index is 13.0. The number of methoxy groups -OCH3 is 1. The molecule has 0 saturated carbocycles. The van der Waals surface area contributed by atoms with E-state index in [0.717, 1.165) is 35.8 Å². The number of benzene rings is 1. The second-order valence-corrected chi connectivity index (χ2v) is 14.3. The highest BCUT2D eigenvalue weighted by Gasteiger charge is 2.25. The van der Waals surface area contributed by atoms with Crippen LogP contribution >= 0.6 is 0 Å². The van der Waals surface area contributed by atoms with Gasteiger partial charge < -0.3 is 14.4 Å². The topological polar surface area (TPSA) is 38.8 Å². The van der Waals surface area contributed by atoms with Gasteiger partial charge in [0.05, 0.1) is 15.2 Å². The van der Waals surface area contributed by atoms with Crippen LogP contribution in [0.5, 0.6) is 5.75 Å². The summed E-state index contributed by atoms with van der Waals surface area (Å²) >= 11 is 0. The Kier molecular flexibility index (Phi) is 10.4. The Balaban J connectivity index is 3.50. The summed E-state index contributed by atoms with van der Waals surface area (Å²) in [7, 11) is -0.0933. The molecule has 1 aromatic carbocycles. The first kappa shape index (κ1) is 26.1. The van der Waals surface area contributed by atoms with E-state index >= 15 is 0 Å². The van der Waals surface area contributed by atoms with Crippen molar-refractivity contribution in [2.24, 2.45) is 0 Å². The molecule has 0 spiro atoms. The fourth-order valence-electron chi connectivity index (χ4n) is 3.46. The van der Waals surface area contributed by atoms with E-state index in [2.05, 4.69) is 38.4 Å². The van der Waals surface area contributed by atoms with Gasteiger partial charge in [0.25, 0.3) is 0 Å². The van der Waals surface area contributed by atoms with E-state index < -0.39 is 8.07 Å². The summed E-state index contributed by atoms with van der Waals surface area (Å²) in [6.45, 7) is 17.1. The zero-order valence-electron chi connectivity index (χ0n) is 20.5. The fraction of sp³-hybridized carbons (Fsp3) is 0.600. The first-order valence-corrected chi connectivity index (χ1v) is 14.7. The van der Waals surface area contributed by atoms with Crippen molar-refractivity contribution in [1.82, 2.24) is 4.90 Å². The Morgan fingerprint density at radius 3 is 2.23 bits per heavy atom. The lowest BCUT2D eigenvalue weighted by Gasteiger charge is -2.30. The highest BCUT2D eigenvalue weighted by Crippen LogP contribution is 2.29. The van der Waals surface area contributed by atoms with Gasteiger partial charge in [0.1, 0.15) is 5.75 Å². The van der Waals surface area contributed by atoms with Gasteiger partial charge in [0, 0.05) is 18.5 Å². The fourth-order valence-corrected chi connectivity index (χ4v) is 5.00. The summed E-state index contributed by atoms with van der Waals surface area (Å²) < 4.78 is 11.4.